The largest absolute Gasteiger partial charge is 0.350 e. The molecule has 0 saturated heterocycles. The van der Waals surface area contributed by atoms with Gasteiger partial charge in [0.15, 0.2) is 0 Å². The van der Waals surface area contributed by atoms with Crippen LogP contribution >= 0.6 is 0 Å². The lowest BCUT2D eigenvalue weighted by Gasteiger charge is -2.26. The third-order valence-electron chi connectivity index (χ3n) is 5.66. The number of amides is 3. The minimum absolute atomic E-state index is 0.195. The van der Waals surface area contributed by atoms with Crippen molar-refractivity contribution in [1.82, 2.24) is 20.2 Å². The molecule has 7 nitrogen and oxygen atoms in total. The first kappa shape index (κ1) is 22.3. The molecule has 168 valence electrons. The SMILES string of the molecule is CC(C)(C)c1ncncc1CNC(=O)C(Cc1ccccc1)N1C(=O)c2ccccc2C1=O. The highest BCUT2D eigenvalue weighted by molar-refractivity contribution is 6.22. The topological polar surface area (TPSA) is 92.3 Å². The van der Waals surface area contributed by atoms with E-state index in [0.717, 1.165) is 21.7 Å². The van der Waals surface area contributed by atoms with Gasteiger partial charge in [-0.05, 0) is 17.7 Å². The molecule has 3 amide bonds. The van der Waals surface area contributed by atoms with Crippen LogP contribution in [0.5, 0.6) is 0 Å². The van der Waals surface area contributed by atoms with Gasteiger partial charge in [-0.2, -0.15) is 0 Å². The molecule has 1 aliphatic heterocycles. The van der Waals surface area contributed by atoms with E-state index in [1.54, 1.807) is 30.5 Å². The maximum absolute atomic E-state index is 13.4. The fourth-order valence-corrected chi connectivity index (χ4v) is 4.09. The summed E-state index contributed by atoms with van der Waals surface area (Å²) >= 11 is 0. The Labute approximate surface area is 192 Å². The quantitative estimate of drug-likeness (QED) is 0.592. The second-order valence-electron chi connectivity index (χ2n) is 9.10. The number of nitrogens with zero attached hydrogens (tertiary/aromatic N) is 3. The van der Waals surface area contributed by atoms with E-state index in [1.807, 2.05) is 51.1 Å². The van der Waals surface area contributed by atoms with Crippen LogP contribution in [-0.2, 0) is 23.2 Å². The molecule has 3 aromatic rings. The molecular formula is C26H26N4O3. The van der Waals surface area contributed by atoms with Crippen LogP contribution in [0.4, 0.5) is 0 Å². The molecular weight excluding hydrogens is 416 g/mol. The van der Waals surface area contributed by atoms with Gasteiger partial charge in [-0.15, -0.1) is 0 Å². The van der Waals surface area contributed by atoms with Crippen LogP contribution in [0.25, 0.3) is 0 Å². The second kappa shape index (κ2) is 8.94. The zero-order chi connectivity index (χ0) is 23.6. The number of imide groups is 1. The fourth-order valence-electron chi connectivity index (χ4n) is 4.09. The highest BCUT2D eigenvalue weighted by atomic mass is 16.2. The minimum Gasteiger partial charge on any atom is -0.350 e. The van der Waals surface area contributed by atoms with E-state index in [9.17, 15) is 14.4 Å². The first-order valence-corrected chi connectivity index (χ1v) is 10.9. The first-order valence-electron chi connectivity index (χ1n) is 10.9. The summed E-state index contributed by atoms with van der Waals surface area (Å²) in [6.07, 6.45) is 3.39. The van der Waals surface area contributed by atoms with E-state index < -0.39 is 23.8 Å². The van der Waals surface area contributed by atoms with Gasteiger partial charge in [-0.25, -0.2) is 9.97 Å². The highest BCUT2D eigenvalue weighted by Gasteiger charge is 2.42. The molecule has 1 atom stereocenters. The summed E-state index contributed by atoms with van der Waals surface area (Å²) in [7, 11) is 0. The molecule has 0 radical (unpaired) electrons. The molecule has 0 saturated carbocycles. The summed E-state index contributed by atoms with van der Waals surface area (Å²) in [5.74, 6) is -1.31. The molecule has 0 bridgehead atoms. The number of aromatic nitrogens is 2. The van der Waals surface area contributed by atoms with Crippen LogP contribution in [0.3, 0.4) is 0 Å². The van der Waals surface area contributed by atoms with Crippen molar-refractivity contribution in [3.63, 3.8) is 0 Å². The first-order chi connectivity index (χ1) is 15.8. The van der Waals surface area contributed by atoms with Gasteiger partial charge in [0.25, 0.3) is 11.8 Å². The number of fused-ring (bicyclic) bond motifs is 1. The lowest BCUT2D eigenvalue weighted by molar-refractivity contribution is -0.125. The third kappa shape index (κ3) is 4.53. The number of nitrogens with one attached hydrogen (secondary N) is 1. The molecule has 33 heavy (non-hydrogen) atoms. The molecule has 1 N–H and O–H groups in total. The average Bonchev–Trinajstić information content (AvgIpc) is 3.06. The molecule has 1 aliphatic rings. The number of hydrogen-bond donors (Lipinski definition) is 1. The molecule has 0 spiro atoms. The Morgan fingerprint density at radius 1 is 0.970 bits per heavy atom. The Morgan fingerprint density at radius 3 is 2.18 bits per heavy atom. The molecule has 4 rings (SSSR count). The monoisotopic (exact) mass is 442 g/mol. The van der Waals surface area contributed by atoms with E-state index in [-0.39, 0.29) is 18.4 Å². The van der Waals surface area contributed by atoms with E-state index in [4.69, 9.17) is 0 Å². The van der Waals surface area contributed by atoms with Crippen LogP contribution < -0.4 is 5.32 Å². The van der Waals surface area contributed by atoms with Crippen molar-refractivity contribution in [3.05, 3.63) is 95.1 Å². The standard InChI is InChI=1S/C26H26N4O3/c1-26(2,3)22-18(14-27-16-29-22)15-28-23(31)21(13-17-9-5-4-6-10-17)30-24(32)19-11-7-8-12-20(19)25(30)33/h4-12,14,16,21H,13,15H2,1-3H3,(H,28,31). The number of benzene rings is 2. The maximum atomic E-state index is 13.4. The summed E-state index contributed by atoms with van der Waals surface area (Å²) in [5.41, 5.74) is 2.89. The molecule has 2 heterocycles. The summed E-state index contributed by atoms with van der Waals surface area (Å²) in [5, 5.41) is 2.91. The van der Waals surface area contributed by atoms with Crippen LogP contribution in [0.1, 0.15) is 58.3 Å². The third-order valence-corrected chi connectivity index (χ3v) is 5.66. The van der Waals surface area contributed by atoms with Crippen molar-refractivity contribution in [3.8, 4) is 0 Å². The molecule has 0 aliphatic carbocycles. The van der Waals surface area contributed by atoms with Gasteiger partial charge in [0, 0.05) is 30.1 Å². The zero-order valence-electron chi connectivity index (χ0n) is 18.9. The van der Waals surface area contributed by atoms with E-state index in [0.29, 0.717) is 11.1 Å². The van der Waals surface area contributed by atoms with Crippen LogP contribution in [0.15, 0.2) is 67.1 Å². The van der Waals surface area contributed by atoms with Crippen molar-refractivity contribution in [2.75, 3.05) is 0 Å². The average molecular weight is 443 g/mol. The van der Waals surface area contributed by atoms with Crippen molar-refractivity contribution in [2.45, 2.75) is 45.2 Å². The van der Waals surface area contributed by atoms with E-state index >= 15 is 0 Å². The Hall–Kier alpha value is -3.87. The second-order valence-corrected chi connectivity index (χ2v) is 9.10. The summed E-state index contributed by atoms with van der Waals surface area (Å²) in [4.78, 5) is 49.2. The fraction of sp³-hybridized carbons (Fsp3) is 0.269. The lowest BCUT2D eigenvalue weighted by Crippen LogP contribution is -2.50. The lowest BCUT2D eigenvalue weighted by atomic mass is 9.89. The van der Waals surface area contributed by atoms with Gasteiger partial charge >= 0.3 is 0 Å². The number of carbonyl (C=O) groups is 3. The van der Waals surface area contributed by atoms with Gasteiger partial charge in [0.2, 0.25) is 5.91 Å². The molecule has 1 aromatic heterocycles. The van der Waals surface area contributed by atoms with Gasteiger partial charge < -0.3 is 5.32 Å². The van der Waals surface area contributed by atoms with Gasteiger partial charge in [-0.3, -0.25) is 19.3 Å². The van der Waals surface area contributed by atoms with Gasteiger partial charge in [0.05, 0.1) is 16.8 Å². The molecule has 7 heteroatoms. The summed E-state index contributed by atoms with van der Waals surface area (Å²) < 4.78 is 0. The number of rotatable bonds is 6. The Morgan fingerprint density at radius 2 is 1.58 bits per heavy atom. The van der Waals surface area contributed by atoms with Crippen molar-refractivity contribution in [2.24, 2.45) is 0 Å². The zero-order valence-corrected chi connectivity index (χ0v) is 18.9. The van der Waals surface area contributed by atoms with Crippen LogP contribution in [-0.4, -0.2) is 38.6 Å². The van der Waals surface area contributed by atoms with Gasteiger partial charge in [-0.1, -0.05) is 63.2 Å². The van der Waals surface area contributed by atoms with Crippen molar-refractivity contribution in [1.29, 1.82) is 0 Å². The molecule has 1 unspecified atom stereocenters. The van der Waals surface area contributed by atoms with Crippen LogP contribution in [0, 0.1) is 0 Å². The predicted octanol–water partition coefficient (Wildman–Crippen LogP) is 3.30. The van der Waals surface area contributed by atoms with Crippen LogP contribution in [0.2, 0.25) is 0 Å². The molecule has 0 fully saturated rings. The Kier molecular flexibility index (Phi) is 6.05. The van der Waals surface area contributed by atoms with Crippen molar-refractivity contribution < 1.29 is 14.4 Å². The smallest absolute Gasteiger partial charge is 0.262 e. The summed E-state index contributed by atoms with van der Waals surface area (Å²) in [6, 6.07) is 15.0. The molecule has 2 aromatic carbocycles. The predicted molar refractivity (Wildman–Crippen MR) is 123 cm³/mol. The Bertz CT molecular complexity index is 1170. The van der Waals surface area contributed by atoms with E-state index in [2.05, 4.69) is 15.3 Å². The Balaban J connectivity index is 1.62. The maximum Gasteiger partial charge on any atom is 0.262 e. The highest BCUT2D eigenvalue weighted by Crippen LogP contribution is 2.27. The number of carbonyl (C=O) groups excluding carboxylic acids is 3. The van der Waals surface area contributed by atoms with Gasteiger partial charge in [0.1, 0.15) is 12.4 Å². The van der Waals surface area contributed by atoms with E-state index in [1.165, 1.54) is 6.33 Å². The summed E-state index contributed by atoms with van der Waals surface area (Å²) in [6.45, 7) is 6.31. The van der Waals surface area contributed by atoms with Crippen molar-refractivity contribution >= 4 is 17.7 Å². The number of hydrogen-bond acceptors (Lipinski definition) is 5. The normalized spacial score (nSPS) is 14.2. The minimum atomic E-state index is -0.984.